The number of carbonyl (C=O) groups is 1. The molecule has 0 aliphatic carbocycles. The molecule has 0 saturated carbocycles. The topological polar surface area (TPSA) is 73.3 Å². The molecule has 1 aromatic heterocycles. The van der Waals surface area contributed by atoms with E-state index >= 15 is 0 Å². The lowest BCUT2D eigenvalue weighted by Gasteiger charge is -2.18. The maximum atomic E-state index is 12.0. The predicted molar refractivity (Wildman–Crippen MR) is 146 cm³/mol. The highest BCUT2D eigenvalue weighted by molar-refractivity contribution is 7.86. The second-order valence-corrected chi connectivity index (χ2v) is 10.7. The van der Waals surface area contributed by atoms with Crippen LogP contribution in [0.2, 0.25) is 5.02 Å². The van der Waals surface area contributed by atoms with Crippen molar-refractivity contribution in [2.24, 2.45) is 0 Å². The van der Waals surface area contributed by atoms with Crippen LogP contribution in [-0.2, 0) is 20.7 Å². The molecule has 0 amide bonds. The van der Waals surface area contributed by atoms with E-state index in [1.165, 1.54) is 6.92 Å². The Morgan fingerprint density at radius 1 is 1.00 bits per heavy atom. The first kappa shape index (κ1) is 25.8. The molecule has 3 aromatic carbocycles. The van der Waals surface area contributed by atoms with E-state index in [0.717, 1.165) is 39.5 Å². The maximum Gasteiger partial charge on any atom is 0.264 e. The van der Waals surface area contributed by atoms with Crippen LogP contribution in [0.1, 0.15) is 52.2 Å². The molecule has 0 spiro atoms. The Morgan fingerprint density at radius 3 is 2.56 bits per heavy atom. The third-order valence-corrected chi connectivity index (χ3v) is 6.59. The molecule has 1 heterocycles. The van der Waals surface area contributed by atoms with E-state index < -0.39 is 16.2 Å². The molecule has 0 radical (unpaired) electrons. The molecular formula is C29H26ClNO4S. The van der Waals surface area contributed by atoms with Gasteiger partial charge < -0.3 is 0 Å². The molecule has 0 aliphatic rings. The average Bonchev–Trinajstić information content (AvgIpc) is 2.84. The molecule has 184 valence electrons. The van der Waals surface area contributed by atoms with Gasteiger partial charge in [-0.2, -0.15) is 8.42 Å². The van der Waals surface area contributed by atoms with Crippen molar-refractivity contribution in [3.05, 3.63) is 112 Å². The molecule has 5 nitrogen and oxygen atoms in total. The lowest BCUT2D eigenvalue weighted by atomic mass is 9.96. The highest BCUT2D eigenvalue weighted by Gasteiger charge is 2.19. The first-order chi connectivity index (χ1) is 17.2. The number of hydrogen-bond acceptors (Lipinski definition) is 5. The molecule has 0 aliphatic heterocycles. The summed E-state index contributed by atoms with van der Waals surface area (Å²) in [5.41, 5.74) is 4.71. The average molecular weight is 520 g/mol. The van der Waals surface area contributed by atoms with Gasteiger partial charge in [0.15, 0.2) is 5.78 Å². The van der Waals surface area contributed by atoms with E-state index in [1.807, 2.05) is 84.9 Å². The van der Waals surface area contributed by atoms with Crippen molar-refractivity contribution < 1.29 is 17.4 Å². The summed E-state index contributed by atoms with van der Waals surface area (Å²) in [6.07, 6.45) is 5.08. The summed E-state index contributed by atoms with van der Waals surface area (Å²) in [6.45, 7) is 1.53. The molecule has 1 unspecified atom stereocenters. The summed E-state index contributed by atoms with van der Waals surface area (Å²) in [6, 6.07) is 24.4. The number of fused-ring (bicyclic) bond motifs is 1. The van der Waals surface area contributed by atoms with Crippen molar-refractivity contribution in [1.29, 1.82) is 0 Å². The Bertz CT molecular complexity index is 1550. The van der Waals surface area contributed by atoms with Crippen molar-refractivity contribution >= 4 is 50.6 Å². The molecule has 0 bridgehead atoms. The number of aromatic nitrogens is 1. The number of pyridine rings is 1. The van der Waals surface area contributed by atoms with Gasteiger partial charge in [-0.3, -0.25) is 8.98 Å². The summed E-state index contributed by atoms with van der Waals surface area (Å²) in [5.74, 6) is -0.0251. The Kier molecular flexibility index (Phi) is 7.99. The molecule has 1 atom stereocenters. The minimum absolute atomic E-state index is 0.0251. The van der Waals surface area contributed by atoms with E-state index in [-0.39, 0.29) is 5.78 Å². The summed E-state index contributed by atoms with van der Waals surface area (Å²) in [7, 11) is -3.70. The normalized spacial score (nSPS) is 12.8. The number of aryl methyl sites for hydroxylation is 1. The van der Waals surface area contributed by atoms with Gasteiger partial charge in [0, 0.05) is 16.0 Å². The van der Waals surface area contributed by atoms with Crippen molar-refractivity contribution in [2.45, 2.75) is 25.9 Å². The van der Waals surface area contributed by atoms with Gasteiger partial charge in [-0.15, -0.1) is 0 Å². The molecule has 0 N–H and O–H groups in total. The van der Waals surface area contributed by atoms with Crippen LogP contribution in [0.3, 0.4) is 0 Å². The van der Waals surface area contributed by atoms with Crippen LogP contribution in [0, 0.1) is 0 Å². The first-order valence-corrected chi connectivity index (χ1v) is 13.7. The Balaban J connectivity index is 1.58. The van der Waals surface area contributed by atoms with Gasteiger partial charge in [-0.05, 0) is 66.8 Å². The lowest BCUT2D eigenvalue weighted by molar-refractivity contribution is 0.101. The summed E-state index contributed by atoms with van der Waals surface area (Å²) in [5, 5.41) is 1.64. The number of nitrogens with zero attached hydrogens (tertiary/aromatic N) is 1. The SMILES string of the molecule is CC(=O)c1ccccc1CCC(OS(C)(=O)=O)c1cccc(C=Cc2ccc3ccc(Cl)cc3n2)c1. The van der Waals surface area contributed by atoms with E-state index in [0.29, 0.717) is 23.4 Å². The van der Waals surface area contributed by atoms with E-state index in [4.69, 9.17) is 15.8 Å². The van der Waals surface area contributed by atoms with Crippen LogP contribution in [-0.4, -0.2) is 25.4 Å². The van der Waals surface area contributed by atoms with Gasteiger partial charge in [0.25, 0.3) is 10.1 Å². The van der Waals surface area contributed by atoms with Gasteiger partial charge in [-0.25, -0.2) is 4.98 Å². The summed E-state index contributed by atoms with van der Waals surface area (Å²) >= 11 is 6.10. The molecular weight excluding hydrogens is 494 g/mol. The van der Waals surface area contributed by atoms with Gasteiger partial charge in [0.1, 0.15) is 6.10 Å². The Labute approximate surface area is 216 Å². The standard InChI is InChI=1S/C29H26ClNO4S/c1-20(32)27-9-4-3-7-22(27)13-17-29(35-36(2,33)34)24-8-5-6-21(18-24)10-15-26-16-12-23-11-14-25(30)19-28(23)31-26/h3-12,14-16,18-19,29H,13,17H2,1-2H3. The zero-order valence-corrected chi connectivity index (χ0v) is 21.6. The lowest BCUT2D eigenvalue weighted by Crippen LogP contribution is -2.12. The minimum Gasteiger partial charge on any atom is -0.295 e. The quantitative estimate of drug-likeness (QED) is 0.177. The molecule has 7 heteroatoms. The minimum atomic E-state index is -3.70. The van der Waals surface area contributed by atoms with Crippen LogP contribution in [0.25, 0.3) is 23.1 Å². The number of hydrogen-bond donors (Lipinski definition) is 0. The van der Waals surface area contributed by atoms with Crippen LogP contribution in [0.15, 0.2) is 78.9 Å². The fourth-order valence-electron chi connectivity index (χ4n) is 4.09. The number of halogens is 1. The first-order valence-electron chi connectivity index (χ1n) is 11.5. The van der Waals surface area contributed by atoms with E-state index in [9.17, 15) is 13.2 Å². The fraction of sp³-hybridized carbons (Fsp3) is 0.172. The van der Waals surface area contributed by atoms with E-state index in [2.05, 4.69) is 4.98 Å². The number of Topliss-reactive ketones (excluding diaryl/α,β-unsaturated/α-hetero) is 1. The van der Waals surface area contributed by atoms with Crippen LogP contribution in [0.4, 0.5) is 0 Å². The predicted octanol–water partition coefficient (Wildman–Crippen LogP) is 6.91. The second kappa shape index (κ2) is 11.2. The number of benzene rings is 3. The van der Waals surface area contributed by atoms with Crippen molar-refractivity contribution in [3.63, 3.8) is 0 Å². The summed E-state index contributed by atoms with van der Waals surface area (Å²) in [4.78, 5) is 16.6. The third-order valence-electron chi connectivity index (χ3n) is 5.77. The van der Waals surface area contributed by atoms with Crippen molar-refractivity contribution in [1.82, 2.24) is 4.98 Å². The molecule has 36 heavy (non-hydrogen) atoms. The van der Waals surface area contributed by atoms with Crippen LogP contribution in [0.5, 0.6) is 0 Å². The number of ketones is 1. The van der Waals surface area contributed by atoms with E-state index in [1.54, 1.807) is 6.07 Å². The third kappa shape index (κ3) is 6.88. The Morgan fingerprint density at radius 2 is 1.78 bits per heavy atom. The highest BCUT2D eigenvalue weighted by Crippen LogP contribution is 2.27. The van der Waals surface area contributed by atoms with Gasteiger partial charge >= 0.3 is 0 Å². The van der Waals surface area contributed by atoms with Crippen LogP contribution >= 0.6 is 11.6 Å². The smallest absolute Gasteiger partial charge is 0.264 e. The molecule has 4 rings (SSSR count). The zero-order valence-electron chi connectivity index (χ0n) is 20.0. The molecule has 0 saturated heterocycles. The van der Waals surface area contributed by atoms with Gasteiger partial charge in [0.2, 0.25) is 0 Å². The number of carbonyl (C=O) groups excluding carboxylic acids is 1. The summed E-state index contributed by atoms with van der Waals surface area (Å²) < 4.78 is 29.5. The van der Waals surface area contributed by atoms with Crippen molar-refractivity contribution in [3.8, 4) is 0 Å². The van der Waals surface area contributed by atoms with Crippen molar-refractivity contribution in [2.75, 3.05) is 6.26 Å². The fourth-order valence-corrected chi connectivity index (χ4v) is 4.89. The van der Waals surface area contributed by atoms with Gasteiger partial charge in [-0.1, -0.05) is 72.3 Å². The number of rotatable bonds is 9. The monoisotopic (exact) mass is 519 g/mol. The maximum absolute atomic E-state index is 12.0. The zero-order chi connectivity index (χ0) is 25.7. The Hall–Kier alpha value is -3.32. The molecule has 0 fully saturated rings. The molecule has 4 aromatic rings. The highest BCUT2D eigenvalue weighted by atomic mass is 35.5. The van der Waals surface area contributed by atoms with Gasteiger partial charge in [0.05, 0.1) is 17.5 Å². The van der Waals surface area contributed by atoms with Crippen LogP contribution < -0.4 is 0 Å². The largest absolute Gasteiger partial charge is 0.295 e. The second-order valence-electron chi connectivity index (χ2n) is 8.62.